The number of benzene rings is 1. The van der Waals surface area contributed by atoms with Crippen LogP contribution in [0.4, 0.5) is 5.69 Å². The maximum Gasteiger partial charge on any atom is 0.228 e. The van der Waals surface area contributed by atoms with Gasteiger partial charge >= 0.3 is 0 Å². The van der Waals surface area contributed by atoms with Gasteiger partial charge in [-0.15, -0.1) is 0 Å². The highest BCUT2D eigenvalue weighted by Crippen LogP contribution is 2.16. The normalized spacial score (nSPS) is 10.7. The fraction of sp³-hybridized carbons (Fsp3) is 0.222. The first kappa shape index (κ1) is 15.1. The molecule has 0 fully saturated rings. The van der Waals surface area contributed by atoms with Crippen molar-refractivity contribution in [3.05, 3.63) is 71.7 Å². The number of nitrogens with one attached hydrogen (secondary N) is 1. The minimum absolute atomic E-state index is 0.0969. The Morgan fingerprint density at radius 3 is 2.61 bits per heavy atom. The Balaban J connectivity index is 1.66. The molecule has 0 radical (unpaired) electrons. The van der Waals surface area contributed by atoms with E-state index in [1.807, 2.05) is 42.9 Å². The number of anilines is 1. The van der Waals surface area contributed by atoms with Crippen LogP contribution in [0.3, 0.4) is 0 Å². The zero-order valence-corrected chi connectivity index (χ0v) is 13.2. The maximum atomic E-state index is 12.3. The van der Waals surface area contributed by atoms with Crippen LogP contribution in [0, 0.1) is 0 Å². The summed E-state index contributed by atoms with van der Waals surface area (Å²) in [5.41, 5.74) is 1.56. The Morgan fingerprint density at radius 2 is 2.00 bits per heavy atom. The van der Waals surface area contributed by atoms with Gasteiger partial charge < -0.3 is 14.3 Å². The number of aromatic nitrogens is 2. The van der Waals surface area contributed by atoms with Gasteiger partial charge in [-0.05, 0) is 36.4 Å². The highest BCUT2D eigenvalue weighted by molar-refractivity contribution is 6.07. The molecule has 0 saturated heterocycles. The minimum Gasteiger partial charge on any atom is -0.458 e. The minimum atomic E-state index is -0.0969. The molecular formula is C18H19N3O2. The van der Waals surface area contributed by atoms with Crippen molar-refractivity contribution >= 4 is 11.5 Å². The van der Waals surface area contributed by atoms with Crippen molar-refractivity contribution in [1.29, 1.82) is 0 Å². The van der Waals surface area contributed by atoms with Crippen molar-refractivity contribution < 1.29 is 9.21 Å². The lowest BCUT2D eigenvalue weighted by atomic mass is 10.1. The van der Waals surface area contributed by atoms with E-state index in [9.17, 15) is 4.79 Å². The van der Waals surface area contributed by atoms with Gasteiger partial charge in [0.05, 0.1) is 6.54 Å². The van der Waals surface area contributed by atoms with E-state index >= 15 is 0 Å². The van der Waals surface area contributed by atoms with Gasteiger partial charge in [0.1, 0.15) is 11.6 Å². The van der Waals surface area contributed by atoms with Gasteiger partial charge in [-0.3, -0.25) is 4.79 Å². The summed E-state index contributed by atoms with van der Waals surface area (Å²) in [7, 11) is 1.96. The van der Waals surface area contributed by atoms with E-state index in [2.05, 4.69) is 10.3 Å². The first-order chi connectivity index (χ1) is 11.2. The molecule has 0 aliphatic heterocycles. The molecule has 2 heterocycles. The molecule has 1 aromatic carbocycles. The number of imidazole rings is 1. The second-order valence-corrected chi connectivity index (χ2v) is 5.33. The zero-order valence-electron chi connectivity index (χ0n) is 13.2. The molecule has 0 unspecified atom stereocenters. The Kier molecular flexibility index (Phi) is 4.28. The van der Waals surface area contributed by atoms with E-state index in [0.29, 0.717) is 17.9 Å². The number of carbonyl (C=O) groups excluding carboxylic acids is 1. The van der Waals surface area contributed by atoms with Crippen LogP contribution in [0.5, 0.6) is 0 Å². The zero-order chi connectivity index (χ0) is 16.2. The van der Waals surface area contributed by atoms with Gasteiger partial charge in [-0.25, -0.2) is 4.98 Å². The summed E-state index contributed by atoms with van der Waals surface area (Å²) in [6.07, 6.45) is 4.46. The van der Waals surface area contributed by atoms with E-state index in [-0.39, 0.29) is 5.78 Å². The van der Waals surface area contributed by atoms with Crippen LogP contribution >= 0.6 is 0 Å². The molecule has 3 aromatic rings. The molecule has 0 spiro atoms. The summed E-state index contributed by atoms with van der Waals surface area (Å²) in [6.45, 7) is 2.63. The van der Waals surface area contributed by atoms with E-state index in [1.165, 1.54) is 0 Å². The summed E-state index contributed by atoms with van der Waals surface area (Å²) < 4.78 is 7.48. The second kappa shape index (κ2) is 6.52. The number of hydrogen-bond donors (Lipinski definition) is 1. The molecule has 0 amide bonds. The summed E-state index contributed by atoms with van der Waals surface area (Å²) >= 11 is 0. The maximum absolute atomic E-state index is 12.3. The SMILES string of the molecule is CCc1ccc(C(=O)c2ccc(NCc3nccn3C)cc2)o1. The van der Waals surface area contributed by atoms with Gasteiger partial charge in [-0.2, -0.15) is 0 Å². The van der Waals surface area contributed by atoms with Gasteiger partial charge in [0, 0.05) is 37.1 Å². The molecule has 0 bridgehead atoms. The number of aryl methyl sites for hydroxylation is 2. The molecule has 1 N–H and O–H groups in total. The molecule has 3 rings (SSSR count). The average molecular weight is 309 g/mol. The van der Waals surface area contributed by atoms with Gasteiger partial charge in [-0.1, -0.05) is 6.92 Å². The predicted octanol–water partition coefficient (Wildman–Crippen LogP) is 3.42. The van der Waals surface area contributed by atoms with Crippen LogP contribution in [0.1, 0.15) is 34.6 Å². The molecular weight excluding hydrogens is 290 g/mol. The highest BCUT2D eigenvalue weighted by Gasteiger charge is 2.13. The van der Waals surface area contributed by atoms with E-state index in [0.717, 1.165) is 23.7 Å². The molecule has 23 heavy (non-hydrogen) atoms. The Morgan fingerprint density at radius 1 is 1.22 bits per heavy atom. The second-order valence-electron chi connectivity index (χ2n) is 5.33. The topological polar surface area (TPSA) is 60.1 Å². The third-order valence-corrected chi connectivity index (χ3v) is 3.75. The van der Waals surface area contributed by atoms with Crippen LogP contribution < -0.4 is 5.32 Å². The summed E-state index contributed by atoms with van der Waals surface area (Å²) in [5.74, 6) is 2.06. The van der Waals surface area contributed by atoms with Gasteiger partial charge in [0.15, 0.2) is 5.76 Å². The van der Waals surface area contributed by atoms with Crippen LogP contribution in [0.15, 0.2) is 53.2 Å². The van der Waals surface area contributed by atoms with Crippen molar-refractivity contribution in [2.24, 2.45) is 7.05 Å². The Labute approximate surface area is 135 Å². The average Bonchev–Trinajstić information content (AvgIpc) is 3.21. The lowest BCUT2D eigenvalue weighted by Gasteiger charge is -2.07. The fourth-order valence-electron chi connectivity index (χ4n) is 2.32. The van der Waals surface area contributed by atoms with Crippen molar-refractivity contribution in [3.63, 3.8) is 0 Å². The molecule has 0 atom stereocenters. The van der Waals surface area contributed by atoms with E-state index in [4.69, 9.17) is 4.42 Å². The lowest BCUT2D eigenvalue weighted by Crippen LogP contribution is -2.06. The quantitative estimate of drug-likeness (QED) is 0.709. The third kappa shape index (κ3) is 3.34. The molecule has 0 aliphatic carbocycles. The van der Waals surface area contributed by atoms with Crippen molar-refractivity contribution in [1.82, 2.24) is 9.55 Å². The predicted molar refractivity (Wildman–Crippen MR) is 88.5 cm³/mol. The molecule has 0 saturated carbocycles. The highest BCUT2D eigenvalue weighted by atomic mass is 16.3. The summed E-state index contributed by atoms with van der Waals surface area (Å²) in [5, 5.41) is 3.29. The molecule has 0 aliphatic rings. The lowest BCUT2D eigenvalue weighted by molar-refractivity contribution is 0.101. The summed E-state index contributed by atoms with van der Waals surface area (Å²) in [4.78, 5) is 16.6. The fourth-order valence-corrected chi connectivity index (χ4v) is 2.32. The third-order valence-electron chi connectivity index (χ3n) is 3.75. The molecule has 5 nitrogen and oxygen atoms in total. The Hall–Kier alpha value is -2.82. The standard InChI is InChI=1S/C18H19N3O2/c1-3-15-8-9-16(23-15)18(22)13-4-6-14(7-5-13)20-12-17-19-10-11-21(17)2/h4-11,20H,3,12H2,1-2H3. The van der Waals surface area contributed by atoms with E-state index < -0.39 is 0 Å². The van der Waals surface area contributed by atoms with Gasteiger partial charge in [0.25, 0.3) is 0 Å². The number of rotatable bonds is 6. The van der Waals surface area contributed by atoms with Crippen LogP contribution in [0.2, 0.25) is 0 Å². The monoisotopic (exact) mass is 309 g/mol. The molecule has 118 valence electrons. The van der Waals surface area contributed by atoms with E-state index in [1.54, 1.807) is 24.4 Å². The molecule has 5 heteroatoms. The van der Waals surface area contributed by atoms with Crippen LogP contribution in [-0.2, 0) is 20.0 Å². The first-order valence-corrected chi connectivity index (χ1v) is 7.61. The van der Waals surface area contributed by atoms with Crippen LogP contribution in [-0.4, -0.2) is 15.3 Å². The Bertz CT molecular complexity index is 800. The largest absolute Gasteiger partial charge is 0.458 e. The number of carbonyl (C=O) groups is 1. The van der Waals surface area contributed by atoms with Crippen molar-refractivity contribution in [2.45, 2.75) is 19.9 Å². The summed E-state index contributed by atoms with van der Waals surface area (Å²) in [6, 6.07) is 11.0. The van der Waals surface area contributed by atoms with Crippen LogP contribution in [0.25, 0.3) is 0 Å². The smallest absolute Gasteiger partial charge is 0.228 e. The number of hydrogen-bond acceptors (Lipinski definition) is 4. The van der Waals surface area contributed by atoms with Gasteiger partial charge in [0.2, 0.25) is 5.78 Å². The number of furan rings is 1. The first-order valence-electron chi connectivity index (χ1n) is 7.61. The number of ketones is 1. The number of nitrogens with zero attached hydrogens (tertiary/aromatic N) is 2. The molecule has 2 aromatic heterocycles. The van der Waals surface area contributed by atoms with Crippen molar-refractivity contribution in [3.8, 4) is 0 Å². The van der Waals surface area contributed by atoms with Crippen molar-refractivity contribution in [2.75, 3.05) is 5.32 Å².